The van der Waals surface area contributed by atoms with E-state index in [-0.39, 0.29) is 22.5 Å². The number of aliphatic hydroxyl groups excluding tert-OH is 1. The molecule has 0 saturated carbocycles. The summed E-state index contributed by atoms with van der Waals surface area (Å²) in [6.45, 7) is 1.79. The Morgan fingerprint density at radius 3 is 2.34 bits per heavy atom. The lowest BCUT2D eigenvalue weighted by atomic mass is 9.94. The maximum Gasteiger partial charge on any atom is 0.300 e. The molecule has 3 aromatic carbocycles. The first-order valence-electron chi connectivity index (χ1n) is 9.67. The molecule has 8 heteroatoms. The summed E-state index contributed by atoms with van der Waals surface area (Å²) in [4.78, 5) is 38.5. The first-order valence-corrected chi connectivity index (χ1v) is 10.0. The first kappa shape index (κ1) is 21.3. The third-order valence-corrected chi connectivity index (χ3v) is 5.76. The first-order chi connectivity index (χ1) is 15.3. The van der Waals surface area contributed by atoms with Crippen LogP contribution in [0.15, 0.2) is 78.4 Å². The molecule has 4 rings (SSSR count). The second-order valence-electron chi connectivity index (χ2n) is 7.28. The summed E-state index contributed by atoms with van der Waals surface area (Å²) in [5.41, 5.74) is 0.965. The molecule has 1 heterocycles. The van der Waals surface area contributed by atoms with Gasteiger partial charge in [0.2, 0.25) is 0 Å². The number of aryl methyl sites for hydroxylation is 1. The lowest BCUT2D eigenvalue weighted by Gasteiger charge is -2.25. The maximum absolute atomic E-state index is 13.1. The fourth-order valence-electron chi connectivity index (χ4n) is 3.76. The van der Waals surface area contributed by atoms with Crippen molar-refractivity contribution >= 4 is 40.4 Å². The van der Waals surface area contributed by atoms with Gasteiger partial charge < -0.3 is 5.11 Å². The van der Waals surface area contributed by atoms with E-state index in [2.05, 4.69) is 0 Å². The number of aliphatic hydroxyl groups is 1. The van der Waals surface area contributed by atoms with Gasteiger partial charge in [-0.15, -0.1) is 0 Å². The molecular weight excluding hydrogens is 432 g/mol. The number of para-hydroxylation sites is 1. The normalized spacial score (nSPS) is 17.6. The maximum atomic E-state index is 13.1. The average molecular weight is 449 g/mol. The number of rotatable bonds is 4. The van der Waals surface area contributed by atoms with E-state index < -0.39 is 28.4 Å². The van der Waals surface area contributed by atoms with Crippen molar-refractivity contribution < 1.29 is 19.6 Å². The molecule has 0 radical (unpaired) electrons. The molecule has 1 aliphatic rings. The van der Waals surface area contributed by atoms with Gasteiger partial charge in [-0.25, -0.2) is 0 Å². The Bertz CT molecular complexity index is 1290. The van der Waals surface area contributed by atoms with E-state index in [1.807, 2.05) is 0 Å². The van der Waals surface area contributed by atoms with Crippen LogP contribution in [0, 0.1) is 17.0 Å². The van der Waals surface area contributed by atoms with Crippen LogP contribution < -0.4 is 4.90 Å². The molecule has 3 aromatic rings. The van der Waals surface area contributed by atoms with Gasteiger partial charge >= 0.3 is 0 Å². The van der Waals surface area contributed by atoms with Crippen molar-refractivity contribution in [2.45, 2.75) is 13.0 Å². The van der Waals surface area contributed by atoms with E-state index >= 15 is 0 Å². The second-order valence-corrected chi connectivity index (χ2v) is 7.69. The van der Waals surface area contributed by atoms with Gasteiger partial charge in [-0.1, -0.05) is 60.1 Å². The Morgan fingerprint density at radius 2 is 1.69 bits per heavy atom. The summed E-state index contributed by atoms with van der Waals surface area (Å²) in [5, 5.41) is 23.1. The number of amides is 1. The van der Waals surface area contributed by atoms with Crippen molar-refractivity contribution in [2.75, 3.05) is 4.90 Å². The Morgan fingerprint density at radius 1 is 1.03 bits per heavy atom. The highest BCUT2D eigenvalue weighted by Gasteiger charge is 2.49. The largest absolute Gasteiger partial charge is 0.507 e. The van der Waals surface area contributed by atoms with Crippen molar-refractivity contribution in [2.24, 2.45) is 0 Å². The van der Waals surface area contributed by atoms with Gasteiger partial charge in [-0.2, -0.15) is 0 Å². The number of carbonyl (C=O) groups excluding carboxylic acids is 2. The number of Topliss-reactive ketones (excluding diaryl/α,β-unsaturated/α-hetero) is 1. The van der Waals surface area contributed by atoms with E-state index in [1.54, 1.807) is 55.5 Å². The Balaban J connectivity index is 2.02. The average Bonchev–Trinajstić information content (AvgIpc) is 3.06. The third kappa shape index (κ3) is 3.52. The predicted molar refractivity (Wildman–Crippen MR) is 121 cm³/mol. The SMILES string of the molecule is Cc1ccc(N2C(=O)C(=O)C(=C(O)c3ccccc3)[C@H]2c2ccccc2[N+](=O)[O-])cc1Cl. The summed E-state index contributed by atoms with van der Waals surface area (Å²) >= 11 is 6.25. The number of benzene rings is 3. The lowest BCUT2D eigenvalue weighted by Crippen LogP contribution is -2.29. The van der Waals surface area contributed by atoms with Gasteiger partial charge in [0, 0.05) is 22.3 Å². The van der Waals surface area contributed by atoms with Gasteiger partial charge in [0.1, 0.15) is 11.8 Å². The van der Waals surface area contributed by atoms with Crippen molar-refractivity contribution in [3.05, 3.63) is 110 Å². The standard InChI is InChI=1S/C24H17ClN2O5/c1-14-11-12-16(13-18(14)25)26-21(17-9-5-6-10-19(17)27(31)32)20(23(29)24(26)30)22(28)15-7-3-2-4-8-15/h2-13,21,28H,1H3/t21-/m1/s1. The molecule has 1 atom stereocenters. The van der Waals surface area contributed by atoms with Crippen LogP contribution in [0.1, 0.15) is 22.7 Å². The number of hydrogen-bond donors (Lipinski definition) is 1. The lowest BCUT2D eigenvalue weighted by molar-refractivity contribution is -0.385. The number of nitro benzene ring substituents is 1. The number of nitrogens with zero attached hydrogens (tertiary/aromatic N) is 2. The molecule has 1 amide bonds. The zero-order valence-corrected chi connectivity index (χ0v) is 17.6. The van der Waals surface area contributed by atoms with Crippen LogP contribution in [-0.4, -0.2) is 21.7 Å². The number of ketones is 1. The van der Waals surface area contributed by atoms with Crippen LogP contribution in [0.25, 0.3) is 5.76 Å². The molecule has 32 heavy (non-hydrogen) atoms. The van der Waals surface area contributed by atoms with E-state index in [9.17, 15) is 24.8 Å². The van der Waals surface area contributed by atoms with Crippen molar-refractivity contribution in [1.29, 1.82) is 0 Å². The molecule has 0 spiro atoms. The number of carbonyl (C=O) groups is 2. The zero-order valence-electron chi connectivity index (χ0n) is 16.9. The fourth-order valence-corrected chi connectivity index (χ4v) is 3.94. The summed E-state index contributed by atoms with van der Waals surface area (Å²) in [5.74, 6) is -2.26. The molecule has 1 N–H and O–H groups in total. The van der Waals surface area contributed by atoms with Crippen LogP contribution in [0.2, 0.25) is 5.02 Å². The topological polar surface area (TPSA) is 101 Å². The second kappa shape index (κ2) is 8.28. The van der Waals surface area contributed by atoms with Gasteiger partial charge in [-0.05, 0) is 30.7 Å². The van der Waals surface area contributed by atoms with Crippen LogP contribution in [-0.2, 0) is 9.59 Å². The number of anilines is 1. The zero-order chi connectivity index (χ0) is 23.0. The van der Waals surface area contributed by atoms with Crippen LogP contribution in [0.3, 0.4) is 0 Å². The number of nitro groups is 1. The van der Waals surface area contributed by atoms with Crippen molar-refractivity contribution in [3.63, 3.8) is 0 Å². The molecule has 0 aliphatic carbocycles. The highest BCUT2D eigenvalue weighted by atomic mass is 35.5. The van der Waals surface area contributed by atoms with Crippen LogP contribution in [0.5, 0.6) is 0 Å². The summed E-state index contributed by atoms with van der Waals surface area (Å²) in [6, 6.07) is 17.7. The molecule has 0 aromatic heterocycles. The predicted octanol–water partition coefficient (Wildman–Crippen LogP) is 5.18. The van der Waals surface area contributed by atoms with Gasteiger partial charge in [0.25, 0.3) is 17.4 Å². The van der Waals surface area contributed by atoms with Crippen molar-refractivity contribution in [3.8, 4) is 0 Å². The summed E-state index contributed by atoms with van der Waals surface area (Å²) in [6.07, 6.45) is 0. The van der Waals surface area contributed by atoms with E-state index in [0.717, 1.165) is 10.5 Å². The Hall–Kier alpha value is -3.97. The molecule has 1 saturated heterocycles. The summed E-state index contributed by atoms with van der Waals surface area (Å²) in [7, 11) is 0. The highest BCUT2D eigenvalue weighted by molar-refractivity contribution is 6.52. The number of hydrogen-bond acceptors (Lipinski definition) is 5. The van der Waals surface area contributed by atoms with Crippen LogP contribution in [0.4, 0.5) is 11.4 Å². The monoisotopic (exact) mass is 448 g/mol. The van der Waals surface area contributed by atoms with Gasteiger partial charge in [0.15, 0.2) is 0 Å². The quantitative estimate of drug-likeness (QED) is 0.195. The Kier molecular flexibility index (Phi) is 5.50. The molecular formula is C24H17ClN2O5. The molecule has 1 aliphatic heterocycles. The minimum atomic E-state index is -1.21. The minimum Gasteiger partial charge on any atom is -0.507 e. The Labute approximate surface area is 188 Å². The summed E-state index contributed by atoms with van der Waals surface area (Å²) < 4.78 is 0. The fraction of sp³-hybridized carbons (Fsp3) is 0.0833. The van der Waals surface area contributed by atoms with Crippen LogP contribution >= 0.6 is 11.6 Å². The third-order valence-electron chi connectivity index (χ3n) is 5.35. The van der Waals surface area contributed by atoms with Gasteiger partial charge in [0.05, 0.1) is 16.1 Å². The van der Waals surface area contributed by atoms with Gasteiger partial charge in [-0.3, -0.25) is 24.6 Å². The molecule has 160 valence electrons. The highest BCUT2D eigenvalue weighted by Crippen LogP contribution is 2.45. The minimum absolute atomic E-state index is 0.103. The van der Waals surface area contributed by atoms with E-state index in [1.165, 1.54) is 24.3 Å². The van der Waals surface area contributed by atoms with E-state index in [4.69, 9.17) is 11.6 Å². The van der Waals surface area contributed by atoms with E-state index in [0.29, 0.717) is 10.6 Å². The smallest absolute Gasteiger partial charge is 0.300 e. The molecule has 0 unspecified atom stereocenters. The molecule has 7 nitrogen and oxygen atoms in total. The van der Waals surface area contributed by atoms with Crippen molar-refractivity contribution in [1.82, 2.24) is 0 Å². The molecule has 0 bridgehead atoms. The molecule has 1 fully saturated rings. The number of halogens is 1.